The van der Waals surface area contributed by atoms with Crippen molar-refractivity contribution in [2.24, 2.45) is 0 Å². The second-order valence-electron chi connectivity index (χ2n) is 6.31. The van der Waals surface area contributed by atoms with Crippen LogP contribution >= 0.6 is 0 Å². The van der Waals surface area contributed by atoms with Crippen LogP contribution in [-0.4, -0.2) is 47.0 Å². The van der Waals surface area contributed by atoms with Crippen LogP contribution < -0.4 is 4.90 Å². The fourth-order valence-corrected chi connectivity index (χ4v) is 3.38. The number of aromatic nitrogens is 2. The number of piperazine rings is 1. The van der Waals surface area contributed by atoms with Crippen molar-refractivity contribution >= 4 is 22.4 Å². The maximum absolute atomic E-state index is 12.7. The Labute approximate surface area is 146 Å². The van der Waals surface area contributed by atoms with Crippen LogP contribution in [0.4, 0.5) is 5.69 Å². The molecule has 1 aliphatic rings. The zero-order valence-electron chi connectivity index (χ0n) is 14.4. The van der Waals surface area contributed by atoms with Crippen LogP contribution in [0.15, 0.2) is 41.1 Å². The predicted octanol–water partition coefficient (Wildman–Crippen LogP) is 2.80. The summed E-state index contributed by atoms with van der Waals surface area (Å²) in [6.07, 6.45) is 3.79. The van der Waals surface area contributed by atoms with E-state index in [0.717, 1.165) is 24.2 Å². The minimum absolute atomic E-state index is 0.0752. The summed E-state index contributed by atoms with van der Waals surface area (Å²) >= 11 is 0. The van der Waals surface area contributed by atoms with Gasteiger partial charge in [0.2, 0.25) is 5.76 Å². The van der Waals surface area contributed by atoms with Gasteiger partial charge in [0.15, 0.2) is 5.89 Å². The van der Waals surface area contributed by atoms with Gasteiger partial charge in [-0.1, -0.05) is 24.3 Å². The second-order valence-corrected chi connectivity index (χ2v) is 6.31. The molecule has 1 saturated heterocycles. The van der Waals surface area contributed by atoms with E-state index < -0.39 is 0 Å². The summed E-state index contributed by atoms with van der Waals surface area (Å²) in [5, 5.41) is 2.32. The molecule has 0 aliphatic carbocycles. The number of nitrogens with zero attached hydrogens (tertiary/aromatic N) is 4. The Morgan fingerprint density at radius 2 is 1.84 bits per heavy atom. The van der Waals surface area contributed by atoms with Crippen molar-refractivity contribution in [2.75, 3.05) is 31.1 Å². The molecule has 0 radical (unpaired) electrons. The third-order valence-corrected chi connectivity index (χ3v) is 4.65. The molecule has 0 N–H and O–H groups in total. The summed E-state index contributed by atoms with van der Waals surface area (Å²) in [5.74, 6) is 0.813. The molecule has 0 saturated carbocycles. The van der Waals surface area contributed by atoms with Gasteiger partial charge in [0.05, 0.1) is 17.6 Å². The molecule has 2 aromatic heterocycles. The lowest BCUT2D eigenvalue weighted by molar-refractivity contribution is 0.0712. The van der Waals surface area contributed by atoms with Crippen LogP contribution in [0.25, 0.3) is 10.8 Å². The van der Waals surface area contributed by atoms with Gasteiger partial charge in [-0.05, 0) is 6.92 Å². The molecular weight excluding hydrogens is 316 g/mol. The van der Waals surface area contributed by atoms with Gasteiger partial charge in [0, 0.05) is 50.1 Å². The normalized spacial score (nSPS) is 15.0. The van der Waals surface area contributed by atoms with E-state index in [1.165, 1.54) is 5.39 Å². The molecule has 128 valence electrons. The van der Waals surface area contributed by atoms with E-state index in [4.69, 9.17) is 4.42 Å². The van der Waals surface area contributed by atoms with Crippen molar-refractivity contribution in [3.8, 4) is 0 Å². The topological polar surface area (TPSA) is 62.5 Å². The standard InChI is InChI=1S/C19H20N4O2/c1-13-18(25-14(2)21-13)19(24)23-9-7-22(8-10-23)17-12-20-11-15-5-3-4-6-16(15)17/h3-6,11-12H,7-10H2,1-2H3. The Morgan fingerprint density at radius 3 is 2.56 bits per heavy atom. The Hall–Kier alpha value is -2.89. The lowest BCUT2D eigenvalue weighted by Crippen LogP contribution is -2.49. The average Bonchev–Trinajstić information content (AvgIpc) is 2.99. The Morgan fingerprint density at radius 1 is 1.08 bits per heavy atom. The number of anilines is 1. The largest absolute Gasteiger partial charge is 0.436 e. The first-order valence-corrected chi connectivity index (χ1v) is 8.44. The number of carbonyl (C=O) groups excluding carboxylic acids is 1. The molecule has 25 heavy (non-hydrogen) atoms. The van der Waals surface area contributed by atoms with Crippen LogP contribution in [0.3, 0.4) is 0 Å². The molecule has 6 nitrogen and oxygen atoms in total. The second kappa shape index (κ2) is 6.20. The lowest BCUT2D eigenvalue weighted by atomic mass is 10.1. The summed E-state index contributed by atoms with van der Waals surface area (Å²) in [7, 11) is 0. The van der Waals surface area contributed by atoms with Crippen molar-refractivity contribution in [1.29, 1.82) is 0 Å². The smallest absolute Gasteiger partial charge is 0.291 e. The average molecular weight is 336 g/mol. The van der Waals surface area contributed by atoms with E-state index in [-0.39, 0.29) is 5.91 Å². The number of fused-ring (bicyclic) bond motifs is 1. The van der Waals surface area contributed by atoms with E-state index in [1.54, 1.807) is 6.92 Å². The Bertz CT molecular complexity index is 921. The molecular formula is C19H20N4O2. The quantitative estimate of drug-likeness (QED) is 0.720. The third kappa shape index (κ3) is 2.84. The number of rotatable bonds is 2. The van der Waals surface area contributed by atoms with E-state index >= 15 is 0 Å². The van der Waals surface area contributed by atoms with Crippen LogP contribution in [0.5, 0.6) is 0 Å². The van der Waals surface area contributed by atoms with Crippen LogP contribution in [-0.2, 0) is 0 Å². The summed E-state index contributed by atoms with van der Waals surface area (Å²) in [5.41, 5.74) is 1.78. The Balaban J connectivity index is 1.51. The van der Waals surface area contributed by atoms with Gasteiger partial charge in [-0.3, -0.25) is 9.78 Å². The number of carbonyl (C=O) groups is 1. The summed E-state index contributed by atoms with van der Waals surface area (Å²) in [4.78, 5) is 25.3. The molecule has 6 heteroatoms. The van der Waals surface area contributed by atoms with Gasteiger partial charge in [-0.15, -0.1) is 0 Å². The predicted molar refractivity (Wildman–Crippen MR) is 95.8 cm³/mol. The first-order chi connectivity index (χ1) is 12.1. The summed E-state index contributed by atoms with van der Waals surface area (Å²) in [6.45, 7) is 6.42. The maximum Gasteiger partial charge on any atom is 0.291 e. The summed E-state index contributed by atoms with van der Waals surface area (Å²) in [6, 6.07) is 8.25. The molecule has 1 fully saturated rings. The van der Waals surface area contributed by atoms with Crippen LogP contribution in [0.2, 0.25) is 0 Å². The number of hydrogen-bond donors (Lipinski definition) is 0. The first kappa shape index (κ1) is 15.6. The van der Waals surface area contributed by atoms with Crippen LogP contribution in [0.1, 0.15) is 22.1 Å². The van der Waals surface area contributed by atoms with Gasteiger partial charge in [0.1, 0.15) is 0 Å². The summed E-state index contributed by atoms with van der Waals surface area (Å²) < 4.78 is 5.47. The highest BCUT2D eigenvalue weighted by Gasteiger charge is 2.27. The van der Waals surface area contributed by atoms with E-state index in [9.17, 15) is 4.79 Å². The fraction of sp³-hybridized carbons (Fsp3) is 0.316. The molecule has 3 aromatic rings. The van der Waals surface area contributed by atoms with Gasteiger partial charge < -0.3 is 14.2 Å². The number of hydrogen-bond acceptors (Lipinski definition) is 5. The molecule has 0 spiro atoms. The van der Waals surface area contributed by atoms with E-state index in [0.29, 0.717) is 30.4 Å². The molecule has 0 bridgehead atoms. The van der Waals surface area contributed by atoms with Crippen molar-refractivity contribution in [2.45, 2.75) is 13.8 Å². The number of benzene rings is 1. The van der Waals surface area contributed by atoms with Gasteiger partial charge in [-0.2, -0.15) is 0 Å². The van der Waals surface area contributed by atoms with Crippen LogP contribution in [0, 0.1) is 13.8 Å². The molecule has 0 atom stereocenters. The highest BCUT2D eigenvalue weighted by atomic mass is 16.4. The van der Waals surface area contributed by atoms with Crippen molar-refractivity contribution in [3.05, 3.63) is 54.0 Å². The monoisotopic (exact) mass is 336 g/mol. The molecule has 1 aromatic carbocycles. The van der Waals surface area contributed by atoms with E-state index in [2.05, 4.69) is 27.0 Å². The van der Waals surface area contributed by atoms with Gasteiger partial charge in [0.25, 0.3) is 5.91 Å². The van der Waals surface area contributed by atoms with Gasteiger partial charge >= 0.3 is 0 Å². The number of amides is 1. The first-order valence-electron chi connectivity index (χ1n) is 8.44. The zero-order valence-corrected chi connectivity index (χ0v) is 14.4. The minimum atomic E-state index is -0.0752. The zero-order chi connectivity index (χ0) is 17.4. The molecule has 3 heterocycles. The third-order valence-electron chi connectivity index (χ3n) is 4.65. The van der Waals surface area contributed by atoms with Crippen molar-refractivity contribution < 1.29 is 9.21 Å². The van der Waals surface area contributed by atoms with Gasteiger partial charge in [-0.25, -0.2) is 4.98 Å². The fourth-order valence-electron chi connectivity index (χ4n) is 3.38. The Kier molecular flexibility index (Phi) is 3.87. The highest BCUT2D eigenvalue weighted by Crippen LogP contribution is 2.26. The van der Waals surface area contributed by atoms with Crippen molar-refractivity contribution in [1.82, 2.24) is 14.9 Å². The molecule has 1 amide bonds. The maximum atomic E-state index is 12.7. The highest BCUT2D eigenvalue weighted by molar-refractivity contribution is 5.94. The van der Waals surface area contributed by atoms with E-state index in [1.807, 2.05) is 36.4 Å². The molecule has 1 aliphatic heterocycles. The number of oxazole rings is 1. The minimum Gasteiger partial charge on any atom is -0.436 e. The number of pyridine rings is 1. The lowest BCUT2D eigenvalue weighted by Gasteiger charge is -2.36. The molecule has 0 unspecified atom stereocenters. The SMILES string of the molecule is Cc1nc(C)c(C(=O)N2CCN(c3cncc4ccccc34)CC2)o1. The van der Waals surface area contributed by atoms with Crippen molar-refractivity contribution in [3.63, 3.8) is 0 Å². The molecule has 4 rings (SSSR count). The number of aryl methyl sites for hydroxylation is 2.